The van der Waals surface area contributed by atoms with E-state index in [1.165, 1.54) is 5.56 Å². The van der Waals surface area contributed by atoms with Crippen LogP contribution in [0, 0.1) is 13.8 Å². The summed E-state index contributed by atoms with van der Waals surface area (Å²) in [6.07, 6.45) is 0. The Labute approximate surface area is 155 Å². The fourth-order valence-corrected chi connectivity index (χ4v) is 3.65. The van der Waals surface area contributed by atoms with Crippen molar-refractivity contribution in [1.29, 1.82) is 0 Å². The van der Waals surface area contributed by atoms with Crippen molar-refractivity contribution in [2.75, 3.05) is 0 Å². The maximum atomic E-state index is 12.4. The average molecular weight is 367 g/mol. The predicted molar refractivity (Wildman–Crippen MR) is 102 cm³/mol. The molecule has 26 heavy (non-hydrogen) atoms. The predicted octanol–water partition coefficient (Wildman–Crippen LogP) is 4.13. The van der Waals surface area contributed by atoms with Crippen molar-refractivity contribution in [3.05, 3.63) is 88.9 Å². The number of nitrogens with one attached hydrogen (secondary N) is 1. The second-order valence-corrected chi connectivity index (χ2v) is 7.69. The molecule has 0 saturated heterocycles. The summed E-state index contributed by atoms with van der Waals surface area (Å²) in [5.74, 6) is 0.728. The molecule has 1 heterocycles. The van der Waals surface area contributed by atoms with E-state index < -0.39 is 10.8 Å². The van der Waals surface area contributed by atoms with Gasteiger partial charge in [-0.05, 0) is 49.2 Å². The van der Waals surface area contributed by atoms with Gasteiger partial charge in [-0.25, -0.2) is 0 Å². The zero-order chi connectivity index (χ0) is 18.5. The van der Waals surface area contributed by atoms with E-state index in [2.05, 4.69) is 5.32 Å². The fraction of sp³-hybridized carbons (Fsp3) is 0.190. The van der Waals surface area contributed by atoms with Crippen LogP contribution in [0.2, 0.25) is 0 Å². The van der Waals surface area contributed by atoms with E-state index in [0.717, 1.165) is 16.0 Å². The molecule has 4 nitrogen and oxygen atoms in total. The summed E-state index contributed by atoms with van der Waals surface area (Å²) in [5, 5.41) is 2.83. The third kappa shape index (κ3) is 4.70. The first-order valence-electron chi connectivity index (χ1n) is 8.39. The van der Waals surface area contributed by atoms with E-state index in [1.807, 2.05) is 62.4 Å². The van der Waals surface area contributed by atoms with Crippen molar-refractivity contribution in [2.24, 2.45) is 0 Å². The van der Waals surface area contributed by atoms with Crippen molar-refractivity contribution in [2.45, 2.75) is 31.0 Å². The third-order valence-electron chi connectivity index (χ3n) is 3.98. The highest BCUT2D eigenvalue weighted by atomic mass is 32.2. The topological polar surface area (TPSA) is 59.3 Å². The van der Waals surface area contributed by atoms with Crippen LogP contribution in [0.25, 0.3) is 0 Å². The van der Waals surface area contributed by atoms with Crippen LogP contribution in [0.1, 0.15) is 33.0 Å². The van der Waals surface area contributed by atoms with Crippen LogP contribution in [0.5, 0.6) is 0 Å². The number of benzene rings is 2. The summed E-state index contributed by atoms with van der Waals surface area (Å²) in [6, 6.07) is 18.9. The summed E-state index contributed by atoms with van der Waals surface area (Å²) < 4.78 is 18.0. The summed E-state index contributed by atoms with van der Waals surface area (Å²) in [4.78, 5) is 13.0. The molecule has 3 aromatic rings. The van der Waals surface area contributed by atoms with Crippen LogP contribution in [-0.4, -0.2) is 10.1 Å². The van der Waals surface area contributed by atoms with Gasteiger partial charge in [0.2, 0.25) is 0 Å². The van der Waals surface area contributed by atoms with Gasteiger partial charge >= 0.3 is 0 Å². The van der Waals surface area contributed by atoms with Gasteiger partial charge in [-0.15, -0.1) is 0 Å². The number of rotatable bonds is 6. The lowest BCUT2D eigenvalue weighted by Gasteiger charge is -2.04. The molecule has 0 saturated carbocycles. The van der Waals surface area contributed by atoms with E-state index in [1.54, 1.807) is 12.1 Å². The van der Waals surface area contributed by atoms with E-state index in [9.17, 15) is 9.00 Å². The fourth-order valence-electron chi connectivity index (χ4n) is 2.52. The highest BCUT2D eigenvalue weighted by molar-refractivity contribution is 7.84. The third-order valence-corrected chi connectivity index (χ3v) is 5.31. The first-order chi connectivity index (χ1) is 12.5. The van der Waals surface area contributed by atoms with Crippen LogP contribution in [0.15, 0.2) is 70.0 Å². The summed E-state index contributed by atoms with van der Waals surface area (Å²) >= 11 is 0. The maximum absolute atomic E-state index is 12.4. The van der Waals surface area contributed by atoms with Crippen LogP contribution in [0.3, 0.4) is 0 Å². The molecular weight excluding hydrogens is 346 g/mol. The molecule has 0 fully saturated rings. The Morgan fingerprint density at radius 1 is 1.00 bits per heavy atom. The summed E-state index contributed by atoms with van der Waals surface area (Å²) in [7, 11) is -1.21. The van der Waals surface area contributed by atoms with Gasteiger partial charge in [0.05, 0.1) is 16.6 Å². The molecule has 1 N–H and O–H groups in total. The molecule has 0 aliphatic heterocycles. The molecule has 0 radical (unpaired) electrons. The van der Waals surface area contributed by atoms with Crippen LogP contribution < -0.4 is 5.32 Å². The number of carbonyl (C=O) groups is 1. The molecule has 3 rings (SSSR count). The second kappa shape index (κ2) is 8.15. The molecule has 1 aromatic heterocycles. The zero-order valence-electron chi connectivity index (χ0n) is 14.8. The standard InChI is InChI=1S/C21H21NO3S/c1-15-6-8-17(9-7-15)13-22-21(23)20-11-10-18(25-20)14-26(24)19-5-3-4-16(2)12-19/h3-12H,13-14H2,1-2H3,(H,22,23). The average Bonchev–Trinajstić information content (AvgIpc) is 3.09. The minimum Gasteiger partial charge on any atom is -0.455 e. The molecule has 5 heteroatoms. The Bertz CT molecular complexity index is 928. The normalized spacial score (nSPS) is 11.9. The van der Waals surface area contributed by atoms with Gasteiger partial charge in [-0.1, -0.05) is 42.0 Å². The van der Waals surface area contributed by atoms with Crippen molar-refractivity contribution < 1.29 is 13.4 Å². The molecule has 2 aromatic carbocycles. The lowest BCUT2D eigenvalue weighted by atomic mass is 10.1. The molecular formula is C21H21NO3S. The van der Waals surface area contributed by atoms with Gasteiger partial charge < -0.3 is 9.73 Å². The molecule has 1 amide bonds. The van der Waals surface area contributed by atoms with Gasteiger partial charge in [0.1, 0.15) is 5.76 Å². The highest BCUT2D eigenvalue weighted by Gasteiger charge is 2.13. The van der Waals surface area contributed by atoms with Gasteiger partial charge in [-0.2, -0.15) is 0 Å². The van der Waals surface area contributed by atoms with E-state index >= 15 is 0 Å². The van der Waals surface area contributed by atoms with Crippen LogP contribution >= 0.6 is 0 Å². The van der Waals surface area contributed by atoms with Gasteiger partial charge in [0, 0.05) is 11.4 Å². The van der Waals surface area contributed by atoms with E-state index in [4.69, 9.17) is 4.42 Å². The Kier molecular flexibility index (Phi) is 5.68. The number of furan rings is 1. The van der Waals surface area contributed by atoms with Crippen molar-refractivity contribution in [3.8, 4) is 0 Å². The number of amides is 1. The molecule has 1 atom stereocenters. The van der Waals surface area contributed by atoms with Crippen molar-refractivity contribution >= 4 is 16.7 Å². The number of hydrogen-bond acceptors (Lipinski definition) is 3. The molecule has 0 aliphatic carbocycles. The van der Waals surface area contributed by atoms with E-state index in [-0.39, 0.29) is 17.4 Å². The highest BCUT2D eigenvalue weighted by Crippen LogP contribution is 2.16. The van der Waals surface area contributed by atoms with Crippen molar-refractivity contribution in [1.82, 2.24) is 5.32 Å². The molecule has 134 valence electrons. The smallest absolute Gasteiger partial charge is 0.287 e. The van der Waals surface area contributed by atoms with Gasteiger partial charge in [0.15, 0.2) is 5.76 Å². The van der Waals surface area contributed by atoms with Gasteiger partial charge in [-0.3, -0.25) is 9.00 Å². The Hall–Kier alpha value is -2.66. The Morgan fingerprint density at radius 3 is 2.50 bits per heavy atom. The minimum absolute atomic E-state index is 0.230. The Balaban J connectivity index is 1.59. The second-order valence-electron chi connectivity index (χ2n) is 6.24. The van der Waals surface area contributed by atoms with Crippen LogP contribution in [0.4, 0.5) is 0 Å². The molecule has 0 aliphatic rings. The monoisotopic (exact) mass is 367 g/mol. The van der Waals surface area contributed by atoms with Crippen molar-refractivity contribution in [3.63, 3.8) is 0 Å². The first kappa shape index (κ1) is 18.1. The number of aryl methyl sites for hydroxylation is 2. The first-order valence-corrected chi connectivity index (χ1v) is 9.70. The van der Waals surface area contributed by atoms with Gasteiger partial charge in [0.25, 0.3) is 5.91 Å². The lowest BCUT2D eigenvalue weighted by molar-refractivity contribution is 0.0921. The zero-order valence-corrected chi connectivity index (χ0v) is 15.6. The molecule has 0 spiro atoms. The quantitative estimate of drug-likeness (QED) is 0.712. The SMILES string of the molecule is Cc1ccc(CNC(=O)c2ccc(CS(=O)c3cccc(C)c3)o2)cc1. The molecule has 0 bridgehead atoms. The summed E-state index contributed by atoms with van der Waals surface area (Å²) in [6.45, 7) is 4.42. The number of carbonyl (C=O) groups excluding carboxylic acids is 1. The Morgan fingerprint density at radius 2 is 1.77 bits per heavy atom. The molecule has 1 unspecified atom stereocenters. The minimum atomic E-state index is -1.21. The van der Waals surface area contributed by atoms with E-state index in [0.29, 0.717) is 12.3 Å². The number of hydrogen-bond donors (Lipinski definition) is 1. The maximum Gasteiger partial charge on any atom is 0.287 e. The largest absolute Gasteiger partial charge is 0.455 e. The van der Waals surface area contributed by atoms with Crippen LogP contribution in [-0.2, 0) is 23.1 Å². The lowest BCUT2D eigenvalue weighted by Crippen LogP contribution is -2.22. The summed E-state index contributed by atoms with van der Waals surface area (Å²) in [5.41, 5.74) is 3.26.